The van der Waals surface area contributed by atoms with E-state index in [0.29, 0.717) is 17.4 Å². The number of carbonyl (C=O) groups excluding carboxylic acids is 1. The second kappa shape index (κ2) is 64.1. The highest BCUT2D eigenvalue weighted by Crippen LogP contribution is 2.38. The van der Waals surface area contributed by atoms with Crippen molar-refractivity contribution in [3.05, 3.63) is 134 Å². The average Bonchev–Trinajstić information content (AvgIpc) is 3.56. The number of phosphoric acid groups is 1. The summed E-state index contributed by atoms with van der Waals surface area (Å²) in [6.07, 6.45) is 97.1. The number of phosphoric ester groups is 1. The van der Waals surface area contributed by atoms with Crippen LogP contribution in [0.1, 0.15) is 284 Å². The third-order valence-corrected chi connectivity index (χ3v) is 15.8. The maximum absolute atomic E-state index is 13.0. The SMILES string of the molecule is CC/C=C\C/C=C\C/C=C\C/C=C\C/C=C\C/C=C\C/C=C\C/C=C\C/C=C\CCCCCCCCCCCCCC(=O)NC(COP(=O)([O-])OCC[N+](C)(C)C)C(O)/C=C/CC/C=C/CCCCCCCCCCCCCCCCCCC. The number of likely N-dealkylation sites (N-methyl/N-ethyl adjacent to an activating group) is 1. The molecule has 8 nitrogen and oxygen atoms in total. The molecular formula is C75H131N2O6P. The fourth-order valence-electron chi connectivity index (χ4n) is 9.52. The minimum absolute atomic E-state index is 0.0123. The zero-order valence-electron chi connectivity index (χ0n) is 55.1. The van der Waals surface area contributed by atoms with E-state index in [1.54, 1.807) is 6.08 Å². The molecule has 1 amide bonds. The molecule has 0 aliphatic rings. The first kappa shape index (κ1) is 80.6. The second-order valence-electron chi connectivity index (χ2n) is 24.1. The summed E-state index contributed by atoms with van der Waals surface area (Å²) in [5, 5.41) is 13.9. The summed E-state index contributed by atoms with van der Waals surface area (Å²) in [6.45, 7) is 4.52. The van der Waals surface area contributed by atoms with Crippen LogP contribution >= 0.6 is 7.82 Å². The second-order valence-corrected chi connectivity index (χ2v) is 25.6. The Morgan fingerprint density at radius 1 is 0.429 bits per heavy atom. The third kappa shape index (κ3) is 66.2. The Kier molecular flexibility index (Phi) is 61.6. The number of aliphatic hydroxyl groups is 1. The first-order chi connectivity index (χ1) is 41.0. The Hall–Kier alpha value is -3.36. The Balaban J connectivity index is 4.14. The van der Waals surface area contributed by atoms with Crippen LogP contribution in [-0.4, -0.2) is 68.5 Å². The summed E-state index contributed by atoms with van der Waals surface area (Å²) >= 11 is 0. The lowest BCUT2D eigenvalue weighted by Crippen LogP contribution is -2.45. The van der Waals surface area contributed by atoms with Gasteiger partial charge in [0.2, 0.25) is 5.91 Å². The van der Waals surface area contributed by atoms with Crippen LogP contribution in [0.4, 0.5) is 0 Å². The number of amides is 1. The molecular weight excluding hydrogens is 1060 g/mol. The average molecular weight is 1190 g/mol. The monoisotopic (exact) mass is 1190 g/mol. The van der Waals surface area contributed by atoms with E-state index >= 15 is 0 Å². The molecule has 0 radical (unpaired) electrons. The predicted molar refractivity (Wildman–Crippen MR) is 366 cm³/mol. The number of nitrogens with zero attached hydrogens (tertiary/aromatic N) is 1. The highest BCUT2D eigenvalue weighted by atomic mass is 31.2. The fraction of sp³-hybridized carbons (Fsp3) is 0.693. The zero-order valence-corrected chi connectivity index (χ0v) is 56.0. The molecule has 0 saturated carbocycles. The third-order valence-electron chi connectivity index (χ3n) is 14.8. The summed E-state index contributed by atoms with van der Waals surface area (Å²) in [5.74, 6) is -0.213. The molecule has 0 heterocycles. The van der Waals surface area contributed by atoms with Crippen LogP contribution in [0.3, 0.4) is 0 Å². The van der Waals surface area contributed by atoms with Crippen molar-refractivity contribution in [2.24, 2.45) is 0 Å². The molecule has 9 heteroatoms. The van der Waals surface area contributed by atoms with Crippen LogP contribution in [0.15, 0.2) is 134 Å². The molecule has 0 rings (SSSR count). The minimum atomic E-state index is -4.62. The van der Waals surface area contributed by atoms with E-state index in [0.717, 1.165) is 103 Å². The smallest absolute Gasteiger partial charge is 0.268 e. The molecule has 3 atom stereocenters. The Labute approximate surface area is 519 Å². The van der Waals surface area contributed by atoms with E-state index in [-0.39, 0.29) is 12.5 Å². The van der Waals surface area contributed by atoms with Gasteiger partial charge in [0.05, 0.1) is 39.9 Å². The van der Waals surface area contributed by atoms with Gasteiger partial charge in [0.1, 0.15) is 13.2 Å². The number of hydrogen-bond donors (Lipinski definition) is 2. The van der Waals surface area contributed by atoms with Gasteiger partial charge in [-0.25, -0.2) is 0 Å². The molecule has 84 heavy (non-hydrogen) atoms. The van der Waals surface area contributed by atoms with Gasteiger partial charge in [-0.2, -0.15) is 0 Å². The van der Waals surface area contributed by atoms with Crippen molar-refractivity contribution in [1.82, 2.24) is 5.32 Å². The highest BCUT2D eigenvalue weighted by molar-refractivity contribution is 7.45. The standard InChI is InChI=1S/C75H131N2O6P/c1-6-8-10-12-14-16-18-20-22-24-26-28-30-31-32-33-34-35-36-37-38-39-40-41-42-43-44-45-47-49-51-53-55-57-59-61-63-65-67-69-75(79)76-73(72-83-84(80,81)82-71-70-77(3,4)5)74(78)68-66-64-62-60-58-56-54-52-50-48-46-29-27-25-23-21-19-17-15-13-11-9-7-2/h8,10,14,16,20,22,26,28,31-32,34-35,37-38,40-41,43-44,58,60,66,68,73-74,78H,6-7,9,11-13,15,17-19,21,23-25,27,29-30,33,36,39,42,45-57,59,61-65,67,69-72H2,1-5H3,(H-,76,79,80,81)/b10-8-,16-14-,22-20-,28-26-,32-31-,35-34-,38-37-,41-40-,44-43-,60-58+,68-66+. The molecule has 3 unspecified atom stereocenters. The van der Waals surface area contributed by atoms with Crippen molar-refractivity contribution in [3.8, 4) is 0 Å². The van der Waals surface area contributed by atoms with Crippen molar-refractivity contribution in [2.45, 2.75) is 296 Å². The quantitative estimate of drug-likeness (QED) is 0.0272. The lowest BCUT2D eigenvalue weighted by atomic mass is 10.0. The van der Waals surface area contributed by atoms with Gasteiger partial charge in [0.25, 0.3) is 7.82 Å². The molecule has 0 fully saturated rings. The van der Waals surface area contributed by atoms with Crippen LogP contribution in [0.2, 0.25) is 0 Å². The maximum atomic E-state index is 13.0. The number of nitrogens with one attached hydrogen (secondary N) is 1. The number of rotatable bonds is 62. The van der Waals surface area contributed by atoms with Crippen LogP contribution in [0.25, 0.3) is 0 Å². The molecule has 482 valence electrons. The molecule has 0 saturated heterocycles. The van der Waals surface area contributed by atoms with Crippen LogP contribution in [0, 0.1) is 0 Å². The molecule has 0 aliphatic heterocycles. The van der Waals surface area contributed by atoms with Gasteiger partial charge in [-0.15, -0.1) is 0 Å². The Morgan fingerprint density at radius 3 is 1.11 bits per heavy atom. The van der Waals surface area contributed by atoms with Crippen LogP contribution < -0.4 is 10.2 Å². The van der Waals surface area contributed by atoms with Crippen molar-refractivity contribution < 1.29 is 32.9 Å². The van der Waals surface area contributed by atoms with E-state index in [4.69, 9.17) is 9.05 Å². The van der Waals surface area contributed by atoms with Crippen molar-refractivity contribution in [1.29, 1.82) is 0 Å². The van der Waals surface area contributed by atoms with Gasteiger partial charge in [0.15, 0.2) is 0 Å². The largest absolute Gasteiger partial charge is 0.756 e. The minimum Gasteiger partial charge on any atom is -0.756 e. The summed E-state index contributed by atoms with van der Waals surface area (Å²) in [5.41, 5.74) is 0. The van der Waals surface area contributed by atoms with E-state index < -0.39 is 26.6 Å². The van der Waals surface area contributed by atoms with Gasteiger partial charge in [-0.1, -0.05) is 308 Å². The number of aliphatic hydroxyl groups excluding tert-OH is 1. The van der Waals surface area contributed by atoms with E-state index in [1.165, 1.54) is 161 Å². The number of carbonyl (C=O) groups is 1. The van der Waals surface area contributed by atoms with Crippen LogP contribution in [0.5, 0.6) is 0 Å². The van der Waals surface area contributed by atoms with Gasteiger partial charge < -0.3 is 28.8 Å². The van der Waals surface area contributed by atoms with Gasteiger partial charge in [-0.05, 0) is 103 Å². The van der Waals surface area contributed by atoms with Gasteiger partial charge in [0, 0.05) is 6.42 Å². The summed E-state index contributed by atoms with van der Waals surface area (Å²) in [4.78, 5) is 25.6. The lowest BCUT2D eigenvalue weighted by Gasteiger charge is -2.29. The molecule has 0 aromatic carbocycles. The van der Waals surface area contributed by atoms with Crippen molar-refractivity contribution >= 4 is 13.7 Å². The lowest BCUT2D eigenvalue weighted by molar-refractivity contribution is -0.870. The summed E-state index contributed by atoms with van der Waals surface area (Å²) < 4.78 is 23.4. The predicted octanol–water partition coefficient (Wildman–Crippen LogP) is 21.6. The van der Waals surface area contributed by atoms with Crippen molar-refractivity contribution in [2.75, 3.05) is 40.9 Å². The van der Waals surface area contributed by atoms with Gasteiger partial charge in [-0.3, -0.25) is 9.36 Å². The molecule has 0 aromatic rings. The molecule has 0 aliphatic carbocycles. The summed E-state index contributed by atoms with van der Waals surface area (Å²) in [6, 6.07) is -0.915. The normalized spacial score (nSPS) is 14.5. The Bertz CT molecular complexity index is 1830. The van der Waals surface area contributed by atoms with Gasteiger partial charge >= 0.3 is 0 Å². The number of allylic oxidation sites excluding steroid dienone is 21. The Morgan fingerprint density at radius 2 is 0.738 bits per heavy atom. The molecule has 0 bridgehead atoms. The van der Waals surface area contributed by atoms with E-state index in [2.05, 4.69) is 141 Å². The van der Waals surface area contributed by atoms with Crippen LogP contribution in [-0.2, 0) is 18.4 Å². The first-order valence-corrected chi connectivity index (χ1v) is 36.0. The number of quaternary nitrogens is 1. The summed E-state index contributed by atoms with van der Waals surface area (Å²) in [7, 11) is 1.23. The van der Waals surface area contributed by atoms with Crippen molar-refractivity contribution in [3.63, 3.8) is 0 Å². The fourth-order valence-corrected chi connectivity index (χ4v) is 10.2. The zero-order chi connectivity index (χ0) is 61.2. The molecule has 0 spiro atoms. The molecule has 2 N–H and O–H groups in total. The van der Waals surface area contributed by atoms with E-state index in [1.807, 2.05) is 27.2 Å². The van der Waals surface area contributed by atoms with E-state index in [9.17, 15) is 19.4 Å². The first-order valence-electron chi connectivity index (χ1n) is 34.5. The molecule has 0 aromatic heterocycles. The number of unbranched alkanes of at least 4 members (excludes halogenated alkanes) is 29. The number of hydrogen-bond acceptors (Lipinski definition) is 6. The topological polar surface area (TPSA) is 108 Å². The maximum Gasteiger partial charge on any atom is 0.268 e. The highest BCUT2D eigenvalue weighted by Gasteiger charge is 2.23.